The molecule has 0 spiro atoms. The van der Waals surface area contributed by atoms with Gasteiger partial charge in [-0.1, -0.05) is 95.8 Å². The van der Waals surface area contributed by atoms with Gasteiger partial charge in [-0.25, -0.2) is 0 Å². The summed E-state index contributed by atoms with van der Waals surface area (Å²) in [6.45, 7) is 15.6. The summed E-state index contributed by atoms with van der Waals surface area (Å²) in [5.41, 5.74) is 2.28. The van der Waals surface area contributed by atoms with Crippen LogP contribution in [-0.4, -0.2) is 0 Å². The van der Waals surface area contributed by atoms with Gasteiger partial charge in [0, 0.05) is 0 Å². The molecule has 1 aromatic carbocycles. The molecule has 0 heterocycles. The van der Waals surface area contributed by atoms with Gasteiger partial charge >= 0.3 is 0 Å². The van der Waals surface area contributed by atoms with Crippen molar-refractivity contribution in [3.63, 3.8) is 0 Å². The molecule has 1 rings (SSSR count). The van der Waals surface area contributed by atoms with Crippen LogP contribution in [0.2, 0.25) is 0 Å². The molecule has 0 saturated heterocycles. The molecule has 0 aliphatic carbocycles. The topological polar surface area (TPSA) is 0 Å². The molecule has 0 amide bonds. The standard InChI is InChI=1S/C12H12.C3H8.C2H6/c1-3-8-11(4-2)12-9-6-5-7-10-12;1-3-2;1-2/h3-10H,1-2H2;3H2,1-2H3;1-2H3/b11-8+;;. The molecule has 0 aliphatic rings. The zero-order valence-corrected chi connectivity index (χ0v) is 11.7. The Hall–Kier alpha value is -1.56. The maximum Gasteiger partial charge on any atom is -0.0184 e. The van der Waals surface area contributed by atoms with Crippen LogP contribution in [0.4, 0.5) is 0 Å². The fourth-order valence-corrected chi connectivity index (χ4v) is 1.04. The monoisotopic (exact) mass is 230 g/mol. The van der Waals surface area contributed by atoms with Crippen molar-refractivity contribution in [2.75, 3.05) is 0 Å². The Bertz CT molecular complexity index is 304. The van der Waals surface area contributed by atoms with Crippen LogP contribution in [0.3, 0.4) is 0 Å². The van der Waals surface area contributed by atoms with Crippen LogP contribution in [0.5, 0.6) is 0 Å². The third kappa shape index (κ3) is 9.37. The van der Waals surface area contributed by atoms with Crippen molar-refractivity contribution in [1.29, 1.82) is 0 Å². The van der Waals surface area contributed by atoms with E-state index in [0.717, 1.165) is 5.57 Å². The first-order valence-corrected chi connectivity index (χ1v) is 6.30. The summed E-state index contributed by atoms with van der Waals surface area (Å²) in [7, 11) is 0. The highest BCUT2D eigenvalue weighted by atomic mass is 14.0. The lowest BCUT2D eigenvalue weighted by atomic mass is 10.1. The van der Waals surface area contributed by atoms with Crippen molar-refractivity contribution in [1.82, 2.24) is 0 Å². The van der Waals surface area contributed by atoms with Crippen molar-refractivity contribution in [2.45, 2.75) is 34.1 Å². The molecule has 17 heavy (non-hydrogen) atoms. The van der Waals surface area contributed by atoms with Gasteiger partial charge in [-0.05, 0) is 11.1 Å². The third-order valence-corrected chi connectivity index (χ3v) is 1.62. The second-order valence-corrected chi connectivity index (χ2v) is 3.13. The molecule has 0 atom stereocenters. The van der Waals surface area contributed by atoms with E-state index in [0.29, 0.717) is 0 Å². The molecular formula is C17H26. The van der Waals surface area contributed by atoms with E-state index in [4.69, 9.17) is 0 Å². The zero-order chi connectivity index (χ0) is 13.5. The lowest BCUT2D eigenvalue weighted by Gasteiger charge is -1.99. The summed E-state index contributed by atoms with van der Waals surface area (Å²) in [5, 5.41) is 0. The van der Waals surface area contributed by atoms with E-state index in [1.165, 1.54) is 12.0 Å². The Morgan fingerprint density at radius 1 is 1.06 bits per heavy atom. The van der Waals surface area contributed by atoms with Gasteiger partial charge in [0.25, 0.3) is 0 Å². The Morgan fingerprint density at radius 3 is 1.88 bits per heavy atom. The first kappa shape index (κ1) is 17.8. The first-order valence-electron chi connectivity index (χ1n) is 6.30. The predicted octanol–water partition coefficient (Wildman–Crippen LogP) is 5.88. The van der Waals surface area contributed by atoms with E-state index >= 15 is 0 Å². The minimum atomic E-state index is 1.10. The van der Waals surface area contributed by atoms with Crippen LogP contribution >= 0.6 is 0 Å². The van der Waals surface area contributed by atoms with Crippen LogP contribution in [-0.2, 0) is 0 Å². The Labute approximate surface area is 107 Å². The van der Waals surface area contributed by atoms with Gasteiger partial charge < -0.3 is 0 Å². The molecule has 0 bridgehead atoms. The van der Waals surface area contributed by atoms with Crippen LogP contribution in [0.1, 0.15) is 39.7 Å². The average molecular weight is 230 g/mol. The van der Waals surface area contributed by atoms with Crippen LogP contribution in [0.15, 0.2) is 61.7 Å². The molecule has 0 saturated carbocycles. The molecule has 0 aliphatic heterocycles. The van der Waals surface area contributed by atoms with Gasteiger partial charge in [0.1, 0.15) is 0 Å². The second kappa shape index (κ2) is 14.4. The van der Waals surface area contributed by atoms with Crippen LogP contribution < -0.4 is 0 Å². The normalized spacial score (nSPS) is 9.06. The van der Waals surface area contributed by atoms with E-state index in [-0.39, 0.29) is 0 Å². The zero-order valence-electron chi connectivity index (χ0n) is 11.7. The van der Waals surface area contributed by atoms with E-state index < -0.39 is 0 Å². The quantitative estimate of drug-likeness (QED) is 0.568. The SMILES string of the molecule is C=C/C=C(\C=C)c1ccccc1.CC.CCC. The molecule has 0 aromatic heterocycles. The smallest absolute Gasteiger partial charge is 0.0184 e. The number of allylic oxidation sites excluding steroid dienone is 4. The number of hydrogen-bond acceptors (Lipinski definition) is 0. The minimum Gasteiger partial charge on any atom is -0.0990 e. The Morgan fingerprint density at radius 2 is 1.53 bits per heavy atom. The molecule has 0 N–H and O–H groups in total. The summed E-state index contributed by atoms with van der Waals surface area (Å²) in [6.07, 6.45) is 6.80. The largest absolute Gasteiger partial charge is 0.0990 e. The van der Waals surface area contributed by atoms with Crippen LogP contribution in [0.25, 0.3) is 5.57 Å². The summed E-state index contributed by atoms with van der Waals surface area (Å²) in [4.78, 5) is 0. The van der Waals surface area contributed by atoms with Crippen molar-refractivity contribution in [3.8, 4) is 0 Å². The van der Waals surface area contributed by atoms with Gasteiger partial charge in [0.15, 0.2) is 0 Å². The summed E-state index contributed by atoms with van der Waals surface area (Å²) in [5.74, 6) is 0. The molecular weight excluding hydrogens is 204 g/mol. The molecule has 0 fully saturated rings. The van der Waals surface area contributed by atoms with Crippen molar-refractivity contribution < 1.29 is 0 Å². The first-order chi connectivity index (χ1) is 8.29. The van der Waals surface area contributed by atoms with Gasteiger partial charge in [-0.2, -0.15) is 0 Å². The number of rotatable bonds is 3. The molecule has 94 valence electrons. The highest BCUT2D eigenvalue weighted by Crippen LogP contribution is 2.14. The highest BCUT2D eigenvalue weighted by molar-refractivity contribution is 5.74. The van der Waals surface area contributed by atoms with E-state index in [2.05, 4.69) is 39.1 Å². The Balaban J connectivity index is 0. The number of hydrogen-bond donors (Lipinski definition) is 0. The molecule has 0 unspecified atom stereocenters. The summed E-state index contributed by atoms with van der Waals surface area (Å²) >= 11 is 0. The van der Waals surface area contributed by atoms with Gasteiger partial charge in [-0.3, -0.25) is 0 Å². The fraction of sp³-hybridized carbons (Fsp3) is 0.294. The van der Waals surface area contributed by atoms with Gasteiger partial charge in [0.05, 0.1) is 0 Å². The lowest BCUT2D eigenvalue weighted by molar-refractivity contribution is 1.09. The average Bonchev–Trinajstić information content (AvgIpc) is 2.40. The maximum atomic E-state index is 3.74. The van der Waals surface area contributed by atoms with E-state index in [9.17, 15) is 0 Å². The van der Waals surface area contributed by atoms with Crippen molar-refractivity contribution in [2.24, 2.45) is 0 Å². The lowest BCUT2D eigenvalue weighted by Crippen LogP contribution is -1.77. The maximum absolute atomic E-state index is 3.74. The van der Waals surface area contributed by atoms with Crippen molar-refractivity contribution in [3.05, 3.63) is 67.3 Å². The summed E-state index contributed by atoms with van der Waals surface area (Å²) in [6, 6.07) is 10.1. The van der Waals surface area contributed by atoms with E-state index in [1.807, 2.05) is 44.2 Å². The molecule has 1 aromatic rings. The second-order valence-electron chi connectivity index (χ2n) is 3.13. The highest BCUT2D eigenvalue weighted by Gasteiger charge is 1.92. The van der Waals surface area contributed by atoms with E-state index in [1.54, 1.807) is 6.08 Å². The Kier molecular flexibility index (Phi) is 15.1. The van der Waals surface area contributed by atoms with Crippen LogP contribution in [0, 0.1) is 0 Å². The predicted molar refractivity (Wildman–Crippen MR) is 82.1 cm³/mol. The molecule has 0 heteroatoms. The van der Waals surface area contributed by atoms with Gasteiger partial charge in [0.2, 0.25) is 0 Å². The minimum absolute atomic E-state index is 1.10. The summed E-state index contributed by atoms with van der Waals surface area (Å²) < 4.78 is 0. The molecule has 0 radical (unpaired) electrons. The fourth-order valence-electron chi connectivity index (χ4n) is 1.04. The third-order valence-electron chi connectivity index (χ3n) is 1.62. The van der Waals surface area contributed by atoms with Gasteiger partial charge in [-0.15, -0.1) is 0 Å². The molecule has 0 nitrogen and oxygen atoms in total. The number of benzene rings is 1. The van der Waals surface area contributed by atoms with Crippen molar-refractivity contribution >= 4 is 5.57 Å².